The van der Waals surface area contributed by atoms with E-state index < -0.39 is 34.1 Å². The van der Waals surface area contributed by atoms with Crippen molar-refractivity contribution in [2.45, 2.75) is 6.54 Å². The number of hydrogen-bond donors (Lipinski definition) is 4. The molecule has 0 unspecified atom stereocenters. The maximum absolute atomic E-state index is 12.7. The summed E-state index contributed by atoms with van der Waals surface area (Å²) >= 11 is 0. The summed E-state index contributed by atoms with van der Waals surface area (Å²) in [5.74, 6) is -0.876. The fourth-order valence-corrected chi connectivity index (χ4v) is 3.71. The molecule has 3 aromatic heterocycles. The summed E-state index contributed by atoms with van der Waals surface area (Å²) in [7, 11) is 1.44. The lowest BCUT2D eigenvalue weighted by Gasteiger charge is -2.09. The Morgan fingerprint density at radius 2 is 1.71 bits per heavy atom. The van der Waals surface area contributed by atoms with Crippen LogP contribution in [-0.4, -0.2) is 34.2 Å². The molecular formula is C21H16N8O5. The molecule has 0 saturated carbocycles. The lowest BCUT2D eigenvalue weighted by atomic mass is 10.0. The number of nitrogens with zero attached hydrogens (tertiary/aromatic N) is 5. The molecule has 0 radical (unpaired) electrons. The van der Waals surface area contributed by atoms with Crippen LogP contribution in [0, 0.1) is 0 Å². The van der Waals surface area contributed by atoms with Gasteiger partial charge in [-0.1, -0.05) is 42.5 Å². The standard InChI is InChI=1S/C21H16N8O5/c1-28-15-14(18(32)25-21(28)34)29(9-11-7-4-6-10-5-2-3-8-12(10)11)19(22-15)27-26-13-16(30)23-20(33)24-17(13)31/h2-8H,9H2,1H3,(H,25,32,34)(H3,23,24,30,31,33). The second kappa shape index (κ2) is 7.81. The average Bonchev–Trinajstić information content (AvgIpc) is 3.16. The lowest BCUT2D eigenvalue weighted by molar-refractivity contribution is 0.450. The van der Waals surface area contributed by atoms with E-state index in [4.69, 9.17) is 0 Å². The number of azo groups is 1. The minimum atomic E-state index is -0.966. The second-order valence-electron chi connectivity index (χ2n) is 7.43. The molecule has 2 aromatic carbocycles. The van der Waals surface area contributed by atoms with Gasteiger partial charge >= 0.3 is 11.4 Å². The van der Waals surface area contributed by atoms with Crippen LogP contribution in [-0.2, 0) is 13.6 Å². The zero-order valence-corrected chi connectivity index (χ0v) is 17.6. The molecular weight excluding hydrogens is 444 g/mol. The van der Waals surface area contributed by atoms with E-state index >= 15 is 0 Å². The van der Waals surface area contributed by atoms with Gasteiger partial charge < -0.3 is 5.11 Å². The number of aromatic hydroxyl groups is 1. The first-order valence-corrected chi connectivity index (χ1v) is 9.97. The number of benzene rings is 2. The van der Waals surface area contributed by atoms with Gasteiger partial charge in [-0.25, -0.2) is 9.59 Å². The topological polar surface area (TPSA) is 183 Å². The zero-order valence-electron chi connectivity index (χ0n) is 17.6. The van der Waals surface area contributed by atoms with Crippen molar-refractivity contribution in [2.75, 3.05) is 0 Å². The number of hydrogen-bond acceptors (Lipinski definition) is 8. The molecule has 13 heteroatoms. The van der Waals surface area contributed by atoms with E-state index in [1.165, 1.54) is 11.6 Å². The Kier molecular flexibility index (Phi) is 4.78. The van der Waals surface area contributed by atoms with Crippen molar-refractivity contribution in [2.24, 2.45) is 17.3 Å². The Labute approximate surface area is 187 Å². The Morgan fingerprint density at radius 1 is 0.941 bits per heavy atom. The molecule has 0 fully saturated rings. The van der Waals surface area contributed by atoms with E-state index in [2.05, 4.69) is 20.2 Å². The fraction of sp³-hybridized carbons (Fsp3) is 0.0952. The highest BCUT2D eigenvalue weighted by Gasteiger charge is 2.19. The molecule has 34 heavy (non-hydrogen) atoms. The van der Waals surface area contributed by atoms with Crippen LogP contribution in [0.4, 0.5) is 11.6 Å². The summed E-state index contributed by atoms with van der Waals surface area (Å²) < 4.78 is 2.61. The molecule has 0 amide bonds. The summed E-state index contributed by atoms with van der Waals surface area (Å²) in [6, 6.07) is 13.4. The van der Waals surface area contributed by atoms with Gasteiger partial charge in [0.1, 0.15) is 0 Å². The molecule has 170 valence electrons. The normalized spacial score (nSPS) is 11.7. The fourth-order valence-electron chi connectivity index (χ4n) is 3.71. The highest BCUT2D eigenvalue weighted by atomic mass is 16.3. The van der Waals surface area contributed by atoms with Crippen LogP contribution in [0.5, 0.6) is 5.88 Å². The first-order chi connectivity index (χ1) is 16.3. The Hall–Kier alpha value is -5.07. The van der Waals surface area contributed by atoms with Gasteiger partial charge in [-0.2, -0.15) is 4.98 Å². The predicted octanol–water partition coefficient (Wildman–Crippen LogP) is 1.12. The van der Waals surface area contributed by atoms with E-state index in [9.17, 15) is 24.3 Å². The van der Waals surface area contributed by atoms with Crippen molar-refractivity contribution in [1.29, 1.82) is 0 Å². The Morgan fingerprint density at radius 3 is 2.50 bits per heavy atom. The number of H-pyrrole nitrogens is 3. The van der Waals surface area contributed by atoms with Crippen LogP contribution in [0.3, 0.4) is 0 Å². The van der Waals surface area contributed by atoms with Gasteiger partial charge in [0.25, 0.3) is 17.1 Å². The summed E-state index contributed by atoms with van der Waals surface area (Å²) in [4.78, 5) is 58.6. The molecule has 0 aliphatic carbocycles. The number of aromatic amines is 3. The molecule has 5 rings (SSSR count). The van der Waals surface area contributed by atoms with E-state index in [1.807, 2.05) is 52.4 Å². The van der Waals surface area contributed by atoms with Crippen LogP contribution >= 0.6 is 0 Å². The minimum Gasteiger partial charge on any atom is -0.493 e. The molecule has 4 N–H and O–H groups in total. The first kappa shape index (κ1) is 20.8. The Bertz CT molecular complexity index is 1850. The van der Waals surface area contributed by atoms with Crippen LogP contribution < -0.4 is 22.5 Å². The smallest absolute Gasteiger partial charge is 0.329 e. The maximum atomic E-state index is 12.7. The van der Waals surface area contributed by atoms with Gasteiger partial charge in [0.2, 0.25) is 11.6 Å². The Balaban J connectivity index is 1.75. The number of imidazole rings is 1. The zero-order chi connectivity index (χ0) is 24.0. The van der Waals surface area contributed by atoms with Crippen LogP contribution in [0.25, 0.3) is 21.9 Å². The van der Waals surface area contributed by atoms with Gasteiger partial charge in [0, 0.05) is 7.05 Å². The van der Waals surface area contributed by atoms with E-state index in [0.29, 0.717) is 0 Å². The molecule has 0 spiro atoms. The molecule has 0 aliphatic heterocycles. The van der Waals surface area contributed by atoms with Crippen molar-refractivity contribution < 1.29 is 5.11 Å². The van der Waals surface area contributed by atoms with Crippen molar-refractivity contribution >= 4 is 33.6 Å². The highest BCUT2D eigenvalue weighted by molar-refractivity contribution is 5.86. The molecule has 3 heterocycles. The molecule has 0 bridgehead atoms. The maximum Gasteiger partial charge on any atom is 0.329 e. The van der Waals surface area contributed by atoms with Crippen LogP contribution in [0.1, 0.15) is 5.56 Å². The lowest BCUT2D eigenvalue weighted by Crippen LogP contribution is -2.29. The highest BCUT2D eigenvalue weighted by Crippen LogP contribution is 2.26. The van der Waals surface area contributed by atoms with Gasteiger partial charge in [0.15, 0.2) is 11.2 Å². The van der Waals surface area contributed by atoms with Gasteiger partial charge in [-0.15, -0.1) is 10.2 Å². The van der Waals surface area contributed by atoms with Crippen molar-refractivity contribution in [3.63, 3.8) is 0 Å². The van der Waals surface area contributed by atoms with Gasteiger partial charge in [0.05, 0.1) is 6.54 Å². The first-order valence-electron chi connectivity index (χ1n) is 9.97. The number of fused-ring (bicyclic) bond motifs is 2. The summed E-state index contributed by atoms with van der Waals surface area (Å²) in [6.45, 7) is 0.140. The van der Waals surface area contributed by atoms with E-state index in [0.717, 1.165) is 20.9 Å². The molecule has 0 aliphatic rings. The largest absolute Gasteiger partial charge is 0.493 e. The van der Waals surface area contributed by atoms with Crippen molar-refractivity contribution in [3.05, 3.63) is 89.7 Å². The monoisotopic (exact) mass is 460 g/mol. The van der Waals surface area contributed by atoms with Crippen LogP contribution in [0.15, 0.2) is 71.9 Å². The molecule has 0 saturated heterocycles. The molecule has 0 atom stereocenters. The van der Waals surface area contributed by atoms with Crippen LogP contribution in [0.2, 0.25) is 0 Å². The number of aromatic nitrogens is 6. The summed E-state index contributed by atoms with van der Waals surface area (Å²) in [6.07, 6.45) is 0. The third-order valence-electron chi connectivity index (χ3n) is 5.33. The average molecular weight is 460 g/mol. The van der Waals surface area contributed by atoms with Gasteiger partial charge in [-0.05, 0) is 16.3 Å². The van der Waals surface area contributed by atoms with Crippen molar-refractivity contribution in [1.82, 2.24) is 29.1 Å². The third kappa shape index (κ3) is 3.40. The second-order valence-corrected chi connectivity index (χ2v) is 7.43. The third-order valence-corrected chi connectivity index (χ3v) is 5.33. The van der Waals surface area contributed by atoms with Gasteiger partial charge in [-0.3, -0.25) is 33.7 Å². The predicted molar refractivity (Wildman–Crippen MR) is 122 cm³/mol. The number of nitrogens with one attached hydrogen (secondary N) is 3. The number of aryl methyl sites for hydroxylation is 1. The number of rotatable bonds is 4. The van der Waals surface area contributed by atoms with Crippen molar-refractivity contribution in [3.8, 4) is 5.88 Å². The quantitative estimate of drug-likeness (QED) is 0.291. The van der Waals surface area contributed by atoms with E-state index in [-0.39, 0.29) is 23.7 Å². The summed E-state index contributed by atoms with van der Waals surface area (Å²) in [5, 5.41) is 19.5. The SMILES string of the molecule is Cn1c(=O)[nH]c(=O)c2c1nc(N=Nc1c(O)[nH]c(=O)[nH]c1=O)n2Cc1cccc2ccccc12. The molecule has 13 nitrogen and oxygen atoms in total. The molecule has 5 aromatic rings. The minimum absolute atomic E-state index is 0.0579. The summed E-state index contributed by atoms with van der Waals surface area (Å²) in [5.41, 5.74) is -2.79. The van der Waals surface area contributed by atoms with E-state index in [1.54, 1.807) is 0 Å².